The summed E-state index contributed by atoms with van der Waals surface area (Å²) in [7, 11) is 0. The van der Waals surface area contributed by atoms with Crippen LogP contribution in [0.3, 0.4) is 0 Å². The summed E-state index contributed by atoms with van der Waals surface area (Å²) in [5.41, 5.74) is 5.90. The molecule has 0 atom stereocenters. The Balaban J connectivity index is 1.83. The Morgan fingerprint density at radius 2 is 2.00 bits per heavy atom. The third-order valence-electron chi connectivity index (χ3n) is 4.33. The molecule has 5 nitrogen and oxygen atoms in total. The molecule has 3 N–H and O–H groups in total. The molecule has 1 aromatic carbocycles. The molecule has 1 heterocycles. The van der Waals surface area contributed by atoms with Crippen molar-refractivity contribution < 1.29 is 23.4 Å². The van der Waals surface area contributed by atoms with Gasteiger partial charge in [-0.15, -0.1) is 11.8 Å². The highest BCUT2D eigenvalue weighted by atomic mass is 32.2. The van der Waals surface area contributed by atoms with E-state index in [2.05, 4.69) is 4.98 Å². The SMILES string of the molecule is NC(=O)/C=C(\O)COc1c(F)cc(-c2cccnc2SC2CCCC2)cc1F. The number of hydrogen-bond acceptors (Lipinski definition) is 5. The lowest BCUT2D eigenvalue weighted by Gasteiger charge is -2.14. The molecule has 1 amide bonds. The molecule has 0 spiro atoms. The number of ether oxygens (including phenoxy) is 1. The second-order valence-corrected chi connectivity index (χ2v) is 7.77. The maximum atomic E-state index is 14.5. The average Bonchev–Trinajstić information content (AvgIpc) is 3.14. The van der Waals surface area contributed by atoms with E-state index in [9.17, 15) is 18.7 Å². The summed E-state index contributed by atoms with van der Waals surface area (Å²) in [4.78, 5) is 15.1. The number of nitrogens with zero attached hydrogens (tertiary/aromatic N) is 1. The molecular weight excluding hydrogens is 386 g/mol. The zero-order valence-electron chi connectivity index (χ0n) is 15.0. The topological polar surface area (TPSA) is 85.4 Å². The van der Waals surface area contributed by atoms with Gasteiger partial charge in [0.05, 0.1) is 0 Å². The average molecular weight is 406 g/mol. The van der Waals surface area contributed by atoms with Crippen LogP contribution in [0.15, 0.2) is 47.3 Å². The zero-order valence-corrected chi connectivity index (χ0v) is 15.8. The second-order valence-electron chi connectivity index (χ2n) is 6.48. The van der Waals surface area contributed by atoms with Gasteiger partial charge in [0.15, 0.2) is 17.4 Å². The van der Waals surface area contributed by atoms with Crippen molar-refractivity contribution >= 4 is 17.7 Å². The number of nitrogens with two attached hydrogens (primary N) is 1. The van der Waals surface area contributed by atoms with E-state index < -0.39 is 35.7 Å². The van der Waals surface area contributed by atoms with Crippen molar-refractivity contribution in [3.05, 3.63) is 53.9 Å². The smallest absolute Gasteiger partial charge is 0.244 e. The number of aliphatic hydroxyl groups is 1. The second kappa shape index (κ2) is 9.05. The molecule has 0 aliphatic heterocycles. The number of pyridine rings is 1. The molecule has 1 saturated carbocycles. The van der Waals surface area contributed by atoms with Crippen LogP contribution in [0, 0.1) is 11.6 Å². The van der Waals surface area contributed by atoms with Gasteiger partial charge in [-0.25, -0.2) is 13.8 Å². The Bertz CT molecular complexity index is 876. The number of thioether (sulfide) groups is 1. The molecule has 1 aliphatic carbocycles. The van der Waals surface area contributed by atoms with Crippen LogP contribution < -0.4 is 10.5 Å². The van der Waals surface area contributed by atoms with Crippen LogP contribution in [0.25, 0.3) is 11.1 Å². The number of primary amides is 1. The highest BCUT2D eigenvalue weighted by Crippen LogP contribution is 2.39. The number of carbonyl (C=O) groups is 1. The number of aliphatic hydroxyl groups excluding tert-OH is 1. The number of aromatic nitrogens is 1. The first kappa shape index (κ1) is 20.1. The van der Waals surface area contributed by atoms with Crippen LogP contribution in [0.5, 0.6) is 5.75 Å². The standard InChI is InChI=1S/C20H20F2N2O3S/c21-16-8-12(9-17(22)19(16)27-11-13(25)10-18(23)26)15-6-3-7-24-20(15)28-14-4-1-2-5-14/h3,6-10,14,25H,1-2,4-5,11H2,(H2,23,26)/b13-10-. The Kier molecular flexibility index (Phi) is 6.51. The normalized spacial score (nSPS) is 15.0. The van der Waals surface area contributed by atoms with E-state index in [4.69, 9.17) is 10.5 Å². The lowest BCUT2D eigenvalue weighted by atomic mass is 10.1. The zero-order chi connectivity index (χ0) is 20.1. The van der Waals surface area contributed by atoms with Crippen LogP contribution in [0.2, 0.25) is 0 Å². The Labute approximate surface area is 165 Å². The van der Waals surface area contributed by atoms with E-state index in [1.165, 1.54) is 25.0 Å². The molecule has 1 fully saturated rings. The molecule has 3 rings (SSSR count). The largest absolute Gasteiger partial charge is 0.508 e. The molecule has 0 bridgehead atoms. The van der Waals surface area contributed by atoms with Gasteiger partial charge < -0.3 is 15.6 Å². The highest BCUT2D eigenvalue weighted by Gasteiger charge is 2.20. The monoisotopic (exact) mass is 406 g/mol. The summed E-state index contributed by atoms with van der Waals surface area (Å²) in [6, 6.07) is 5.84. The lowest BCUT2D eigenvalue weighted by molar-refractivity contribution is -0.113. The molecule has 2 aromatic rings. The molecule has 1 aliphatic rings. The van der Waals surface area contributed by atoms with Gasteiger partial charge in [0.1, 0.15) is 17.4 Å². The van der Waals surface area contributed by atoms with E-state index >= 15 is 0 Å². The van der Waals surface area contributed by atoms with Crippen molar-refractivity contribution in [3.63, 3.8) is 0 Å². The summed E-state index contributed by atoms with van der Waals surface area (Å²) in [6.07, 6.45) is 6.97. The first-order chi connectivity index (χ1) is 13.4. The Morgan fingerprint density at radius 1 is 1.32 bits per heavy atom. The summed E-state index contributed by atoms with van der Waals surface area (Å²) < 4.78 is 33.9. The van der Waals surface area contributed by atoms with Crippen LogP contribution >= 0.6 is 11.8 Å². The first-order valence-electron chi connectivity index (χ1n) is 8.87. The third-order valence-corrected chi connectivity index (χ3v) is 5.69. The first-order valence-corrected chi connectivity index (χ1v) is 9.75. The van der Waals surface area contributed by atoms with Crippen molar-refractivity contribution in [2.75, 3.05) is 6.61 Å². The minimum Gasteiger partial charge on any atom is -0.508 e. The fourth-order valence-electron chi connectivity index (χ4n) is 3.07. The molecule has 0 unspecified atom stereocenters. The van der Waals surface area contributed by atoms with Gasteiger partial charge in [-0.2, -0.15) is 0 Å². The number of carbonyl (C=O) groups excluding carboxylic acids is 1. The lowest BCUT2D eigenvalue weighted by Crippen LogP contribution is -2.11. The van der Waals surface area contributed by atoms with Gasteiger partial charge in [0.25, 0.3) is 0 Å². The van der Waals surface area contributed by atoms with E-state index in [0.29, 0.717) is 22.5 Å². The van der Waals surface area contributed by atoms with Crippen molar-refractivity contribution in [2.24, 2.45) is 5.73 Å². The maximum Gasteiger partial charge on any atom is 0.244 e. The van der Waals surface area contributed by atoms with Crippen LogP contribution in [0.1, 0.15) is 25.7 Å². The van der Waals surface area contributed by atoms with Crippen LogP contribution in [0.4, 0.5) is 8.78 Å². The van der Waals surface area contributed by atoms with Gasteiger partial charge in [-0.3, -0.25) is 4.79 Å². The number of amides is 1. The molecular formula is C20H20F2N2O3S. The molecule has 28 heavy (non-hydrogen) atoms. The molecule has 0 saturated heterocycles. The van der Waals surface area contributed by atoms with E-state index in [1.54, 1.807) is 30.1 Å². The fraction of sp³-hybridized carbons (Fsp3) is 0.300. The van der Waals surface area contributed by atoms with Gasteiger partial charge in [-0.1, -0.05) is 18.9 Å². The molecule has 1 aromatic heterocycles. The molecule has 148 valence electrons. The Morgan fingerprint density at radius 3 is 2.64 bits per heavy atom. The number of benzene rings is 1. The van der Waals surface area contributed by atoms with E-state index in [1.807, 2.05) is 0 Å². The summed E-state index contributed by atoms with van der Waals surface area (Å²) >= 11 is 1.64. The predicted molar refractivity (Wildman–Crippen MR) is 103 cm³/mol. The van der Waals surface area contributed by atoms with E-state index in [-0.39, 0.29) is 0 Å². The summed E-state index contributed by atoms with van der Waals surface area (Å²) in [5, 5.41) is 10.7. The predicted octanol–water partition coefficient (Wildman–Crippen LogP) is 4.37. The summed E-state index contributed by atoms with van der Waals surface area (Å²) in [6.45, 7) is -0.578. The van der Waals surface area contributed by atoms with Crippen molar-refractivity contribution in [1.29, 1.82) is 0 Å². The number of halogens is 2. The minimum absolute atomic E-state index is 0.354. The van der Waals surface area contributed by atoms with Crippen molar-refractivity contribution in [2.45, 2.75) is 36.0 Å². The third kappa shape index (κ3) is 5.01. The van der Waals surface area contributed by atoms with Crippen LogP contribution in [-0.4, -0.2) is 27.9 Å². The highest BCUT2D eigenvalue weighted by molar-refractivity contribution is 8.00. The molecule has 8 heteroatoms. The van der Waals surface area contributed by atoms with E-state index in [0.717, 1.165) is 17.9 Å². The maximum absolute atomic E-state index is 14.5. The van der Waals surface area contributed by atoms with Gasteiger partial charge in [0.2, 0.25) is 5.91 Å². The summed E-state index contributed by atoms with van der Waals surface area (Å²) in [5.74, 6) is -3.88. The molecule has 0 radical (unpaired) electrons. The minimum atomic E-state index is -0.914. The number of rotatable bonds is 7. The van der Waals surface area contributed by atoms with Crippen molar-refractivity contribution in [1.82, 2.24) is 4.98 Å². The van der Waals surface area contributed by atoms with Gasteiger partial charge >= 0.3 is 0 Å². The van der Waals surface area contributed by atoms with Gasteiger partial charge in [0, 0.05) is 23.1 Å². The number of hydrogen-bond donors (Lipinski definition) is 2. The fourth-order valence-corrected chi connectivity index (χ4v) is 4.39. The quantitative estimate of drug-likeness (QED) is 0.527. The van der Waals surface area contributed by atoms with Crippen molar-refractivity contribution in [3.8, 4) is 16.9 Å². The van der Waals surface area contributed by atoms with Gasteiger partial charge in [-0.05, 0) is 36.6 Å². The van der Waals surface area contributed by atoms with Crippen LogP contribution in [-0.2, 0) is 4.79 Å². The Hall–Kier alpha value is -2.61.